The Morgan fingerprint density at radius 2 is 1.96 bits per heavy atom. The Labute approximate surface area is 149 Å². The largest absolute Gasteiger partial charge is 0.393 e. The minimum Gasteiger partial charge on any atom is -0.393 e. The molecule has 0 saturated carbocycles. The second-order valence-electron chi connectivity index (χ2n) is 6.72. The first-order valence-electron chi connectivity index (χ1n) is 8.72. The van der Waals surface area contributed by atoms with Crippen LogP contribution in [0.1, 0.15) is 44.4 Å². The molecule has 3 unspecified atom stereocenters. The van der Waals surface area contributed by atoms with Gasteiger partial charge in [0.1, 0.15) is 0 Å². The molecule has 2 aromatic rings. The zero-order valence-corrected chi connectivity index (χ0v) is 15.1. The summed E-state index contributed by atoms with van der Waals surface area (Å²) in [4.78, 5) is 12.0. The molecule has 0 aliphatic heterocycles. The summed E-state index contributed by atoms with van der Waals surface area (Å²) in [7, 11) is 0. The lowest BCUT2D eigenvalue weighted by Crippen LogP contribution is -2.39. The third-order valence-corrected chi connectivity index (χ3v) is 4.04. The van der Waals surface area contributed by atoms with E-state index in [1.807, 2.05) is 42.9 Å². The van der Waals surface area contributed by atoms with E-state index in [4.69, 9.17) is 0 Å². The highest BCUT2D eigenvalue weighted by molar-refractivity contribution is 5.74. The number of nitrogens with one attached hydrogen (secondary N) is 2. The number of aromatic nitrogens is 2. The average Bonchev–Trinajstić information content (AvgIpc) is 3.02. The molecule has 136 valence electrons. The van der Waals surface area contributed by atoms with E-state index in [0.29, 0.717) is 19.5 Å². The van der Waals surface area contributed by atoms with Crippen LogP contribution in [0.2, 0.25) is 0 Å². The number of amides is 2. The van der Waals surface area contributed by atoms with Crippen molar-refractivity contribution in [3.8, 4) is 0 Å². The molecule has 0 saturated heterocycles. The van der Waals surface area contributed by atoms with E-state index in [0.717, 1.165) is 5.56 Å². The number of benzene rings is 1. The maximum absolute atomic E-state index is 12.0. The highest BCUT2D eigenvalue weighted by Crippen LogP contribution is 2.12. The summed E-state index contributed by atoms with van der Waals surface area (Å²) in [6.45, 7) is 6.94. The first kappa shape index (κ1) is 19.0. The zero-order valence-electron chi connectivity index (χ0n) is 15.1. The Bertz CT molecular complexity index is 654. The van der Waals surface area contributed by atoms with Gasteiger partial charge in [-0.25, -0.2) is 4.79 Å². The van der Waals surface area contributed by atoms with Gasteiger partial charge < -0.3 is 15.7 Å². The third kappa shape index (κ3) is 6.58. The van der Waals surface area contributed by atoms with Gasteiger partial charge in [0, 0.05) is 18.3 Å². The van der Waals surface area contributed by atoms with Crippen LogP contribution in [0, 0.1) is 5.92 Å². The summed E-state index contributed by atoms with van der Waals surface area (Å²) in [6.07, 6.45) is 4.05. The van der Waals surface area contributed by atoms with Gasteiger partial charge in [-0.1, -0.05) is 37.3 Å². The van der Waals surface area contributed by atoms with Crippen molar-refractivity contribution in [1.29, 1.82) is 0 Å². The molecule has 1 aromatic carbocycles. The fraction of sp³-hybridized carbons (Fsp3) is 0.474. The molecule has 0 spiro atoms. The van der Waals surface area contributed by atoms with Crippen LogP contribution in [0.5, 0.6) is 0 Å². The van der Waals surface area contributed by atoms with Crippen molar-refractivity contribution in [2.45, 2.75) is 45.9 Å². The lowest BCUT2D eigenvalue weighted by atomic mass is 10.1. The van der Waals surface area contributed by atoms with Crippen LogP contribution in [-0.2, 0) is 6.54 Å². The number of carbonyl (C=O) groups excluding carboxylic acids is 1. The van der Waals surface area contributed by atoms with E-state index in [9.17, 15) is 9.90 Å². The van der Waals surface area contributed by atoms with Gasteiger partial charge in [0.25, 0.3) is 0 Å². The van der Waals surface area contributed by atoms with Gasteiger partial charge in [0.2, 0.25) is 0 Å². The molecule has 6 nitrogen and oxygen atoms in total. The number of urea groups is 1. The summed E-state index contributed by atoms with van der Waals surface area (Å²) >= 11 is 0. The van der Waals surface area contributed by atoms with Crippen molar-refractivity contribution >= 4 is 6.03 Å². The van der Waals surface area contributed by atoms with E-state index in [-0.39, 0.29) is 24.1 Å². The summed E-state index contributed by atoms with van der Waals surface area (Å²) in [5.41, 5.74) is 2.14. The molecule has 6 heteroatoms. The number of aliphatic hydroxyl groups excluding tert-OH is 1. The Morgan fingerprint density at radius 1 is 1.24 bits per heavy atom. The molecule has 1 heterocycles. The average molecular weight is 344 g/mol. The van der Waals surface area contributed by atoms with Crippen molar-refractivity contribution in [3.05, 3.63) is 53.9 Å². The summed E-state index contributed by atoms with van der Waals surface area (Å²) < 4.78 is 1.87. The van der Waals surface area contributed by atoms with Crippen molar-refractivity contribution in [2.24, 2.45) is 5.92 Å². The molecule has 1 aromatic heterocycles. The number of aliphatic hydroxyl groups is 1. The molecule has 0 bridgehead atoms. The van der Waals surface area contributed by atoms with Crippen LogP contribution in [0.3, 0.4) is 0 Å². The minimum absolute atomic E-state index is 0.128. The van der Waals surface area contributed by atoms with Crippen LogP contribution in [0.25, 0.3) is 0 Å². The molecule has 0 fully saturated rings. The summed E-state index contributed by atoms with van der Waals surface area (Å²) in [5, 5.41) is 19.5. The van der Waals surface area contributed by atoms with Gasteiger partial charge >= 0.3 is 6.03 Å². The van der Waals surface area contributed by atoms with Crippen molar-refractivity contribution in [1.82, 2.24) is 20.4 Å². The molecule has 3 N–H and O–H groups in total. The lowest BCUT2D eigenvalue weighted by Gasteiger charge is -2.17. The normalized spacial score (nSPS) is 14.6. The first-order chi connectivity index (χ1) is 11.9. The molecule has 0 aliphatic rings. The topological polar surface area (TPSA) is 79.2 Å². The first-order valence-corrected chi connectivity index (χ1v) is 8.72. The number of rotatable bonds is 8. The highest BCUT2D eigenvalue weighted by Gasteiger charge is 2.13. The Balaban J connectivity index is 1.80. The van der Waals surface area contributed by atoms with E-state index in [2.05, 4.69) is 27.9 Å². The van der Waals surface area contributed by atoms with Crippen molar-refractivity contribution in [2.75, 3.05) is 6.54 Å². The summed E-state index contributed by atoms with van der Waals surface area (Å²) in [6, 6.07) is 9.79. The zero-order chi connectivity index (χ0) is 18.2. The second-order valence-corrected chi connectivity index (χ2v) is 6.72. The van der Waals surface area contributed by atoms with Gasteiger partial charge in [-0.3, -0.25) is 4.68 Å². The van der Waals surface area contributed by atoms with Crippen LogP contribution in [0.15, 0.2) is 42.7 Å². The molecule has 25 heavy (non-hydrogen) atoms. The fourth-order valence-corrected chi connectivity index (χ4v) is 2.72. The Hall–Kier alpha value is -2.34. The van der Waals surface area contributed by atoms with Crippen LogP contribution < -0.4 is 10.6 Å². The number of hydrogen-bond donors (Lipinski definition) is 3. The summed E-state index contributed by atoms with van der Waals surface area (Å²) in [5.74, 6) is 0.231. The number of nitrogens with zero attached hydrogens (tertiary/aromatic N) is 2. The monoisotopic (exact) mass is 344 g/mol. The van der Waals surface area contributed by atoms with Crippen LogP contribution >= 0.6 is 0 Å². The lowest BCUT2D eigenvalue weighted by molar-refractivity contribution is 0.163. The maximum Gasteiger partial charge on any atom is 0.315 e. The Morgan fingerprint density at radius 3 is 2.64 bits per heavy atom. The molecular weight excluding hydrogens is 316 g/mol. The predicted molar refractivity (Wildman–Crippen MR) is 98.2 cm³/mol. The quantitative estimate of drug-likeness (QED) is 0.689. The minimum atomic E-state index is -0.353. The molecule has 0 radical (unpaired) electrons. The molecule has 2 amide bonds. The molecule has 0 aliphatic carbocycles. The molecular formula is C19H28N4O2. The molecule has 3 atom stereocenters. The van der Waals surface area contributed by atoms with Crippen LogP contribution in [-0.4, -0.2) is 33.6 Å². The van der Waals surface area contributed by atoms with Gasteiger partial charge in [-0.05, 0) is 31.7 Å². The number of carbonyl (C=O) groups is 1. The fourth-order valence-electron chi connectivity index (χ4n) is 2.72. The maximum atomic E-state index is 12.0. The SMILES string of the molecule is CC(O)CC(C)CNC(=O)NC(C)c1cnn(Cc2ccccc2)c1. The predicted octanol–water partition coefficient (Wildman–Crippen LogP) is 2.70. The second kappa shape index (κ2) is 9.22. The highest BCUT2D eigenvalue weighted by atomic mass is 16.3. The van der Waals surface area contributed by atoms with Gasteiger partial charge in [-0.2, -0.15) is 5.10 Å². The number of hydrogen-bond acceptors (Lipinski definition) is 3. The Kier molecular flexibility index (Phi) is 7.01. The van der Waals surface area contributed by atoms with Crippen LogP contribution in [0.4, 0.5) is 4.79 Å². The van der Waals surface area contributed by atoms with Crippen molar-refractivity contribution < 1.29 is 9.90 Å². The molecule has 2 rings (SSSR count). The van der Waals surface area contributed by atoms with E-state index in [1.165, 1.54) is 5.56 Å². The smallest absolute Gasteiger partial charge is 0.315 e. The van der Waals surface area contributed by atoms with Gasteiger partial charge in [0.05, 0.1) is 24.9 Å². The van der Waals surface area contributed by atoms with E-state index < -0.39 is 0 Å². The standard InChI is InChI=1S/C19H28N4O2/c1-14(9-15(2)24)10-20-19(25)22-16(3)18-11-21-23(13-18)12-17-7-5-4-6-8-17/h4-8,11,13-16,24H,9-10,12H2,1-3H3,(H2,20,22,25). The van der Waals surface area contributed by atoms with Gasteiger partial charge in [-0.15, -0.1) is 0 Å². The van der Waals surface area contributed by atoms with Crippen molar-refractivity contribution in [3.63, 3.8) is 0 Å². The van der Waals surface area contributed by atoms with E-state index in [1.54, 1.807) is 13.1 Å². The van der Waals surface area contributed by atoms with E-state index >= 15 is 0 Å². The third-order valence-electron chi connectivity index (χ3n) is 4.04. The van der Waals surface area contributed by atoms with Gasteiger partial charge in [0.15, 0.2) is 0 Å².